The van der Waals surface area contributed by atoms with E-state index in [1.54, 1.807) is 36.4 Å². The zero-order valence-corrected chi connectivity index (χ0v) is 23.1. The first-order chi connectivity index (χ1) is 17.9. The Bertz CT molecular complexity index is 1090. The van der Waals surface area contributed by atoms with Gasteiger partial charge in [0.25, 0.3) is 5.91 Å². The van der Waals surface area contributed by atoms with Crippen LogP contribution in [0.15, 0.2) is 48.5 Å². The average molecular weight is 543 g/mol. The first kappa shape index (κ1) is 27.4. The summed E-state index contributed by atoms with van der Waals surface area (Å²) in [6.07, 6.45) is 3.32. The quantitative estimate of drug-likeness (QED) is 0.417. The van der Waals surface area contributed by atoms with E-state index in [2.05, 4.69) is 17.1 Å². The lowest BCUT2D eigenvalue weighted by molar-refractivity contribution is -0.124. The van der Waals surface area contributed by atoms with E-state index < -0.39 is 6.04 Å². The van der Waals surface area contributed by atoms with Gasteiger partial charge in [-0.05, 0) is 112 Å². The molecule has 1 N–H and O–H groups in total. The molecule has 198 valence electrons. The van der Waals surface area contributed by atoms with Crippen molar-refractivity contribution in [1.29, 1.82) is 0 Å². The summed E-state index contributed by atoms with van der Waals surface area (Å²) in [4.78, 5) is 32.5. The molecule has 9 heteroatoms. The molecule has 2 aromatic rings. The lowest BCUT2D eigenvalue weighted by Crippen LogP contribution is -2.40. The number of thiocarbonyl (C=S) groups is 1. The van der Waals surface area contributed by atoms with Gasteiger partial charge in [0, 0.05) is 17.3 Å². The standard InChI is InChI=1S/C28H35ClN4O3S/c1-3-36-24-11-7-22(8-12-24)30-26(34)19-25-27(35)33(23-9-5-21(29)6-10-23)28(37)32(25)16-4-15-31-17-13-20(2)14-18-31/h5-12,20,25H,3-4,13-19H2,1-2H3,(H,30,34). The highest BCUT2D eigenvalue weighted by molar-refractivity contribution is 7.80. The van der Waals surface area contributed by atoms with Gasteiger partial charge in [-0.15, -0.1) is 0 Å². The summed E-state index contributed by atoms with van der Waals surface area (Å²) in [5, 5.41) is 3.92. The molecule has 2 amide bonds. The number of anilines is 2. The molecule has 1 unspecified atom stereocenters. The van der Waals surface area contributed by atoms with E-state index in [1.165, 1.54) is 17.7 Å². The molecular formula is C28H35ClN4O3S. The number of ether oxygens (including phenoxy) is 1. The maximum Gasteiger partial charge on any atom is 0.256 e. The fraction of sp³-hybridized carbons (Fsp3) is 0.464. The third-order valence-corrected chi connectivity index (χ3v) is 7.65. The molecule has 2 heterocycles. The van der Waals surface area contributed by atoms with E-state index in [-0.39, 0.29) is 18.2 Å². The van der Waals surface area contributed by atoms with Gasteiger partial charge in [-0.3, -0.25) is 14.5 Å². The van der Waals surface area contributed by atoms with Gasteiger partial charge in [-0.2, -0.15) is 0 Å². The molecule has 0 aromatic heterocycles. The molecule has 0 bridgehead atoms. The first-order valence-corrected chi connectivity index (χ1v) is 13.8. The zero-order chi connectivity index (χ0) is 26.4. The fourth-order valence-corrected chi connectivity index (χ4v) is 5.39. The highest BCUT2D eigenvalue weighted by Gasteiger charge is 2.43. The van der Waals surface area contributed by atoms with Crippen LogP contribution in [0.4, 0.5) is 11.4 Å². The smallest absolute Gasteiger partial charge is 0.256 e. The van der Waals surface area contributed by atoms with Gasteiger partial charge in [-0.1, -0.05) is 18.5 Å². The molecule has 2 aliphatic heterocycles. The number of likely N-dealkylation sites (tertiary alicyclic amines) is 1. The van der Waals surface area contributed by atoms with Crippen molar-refractivity contribution in [1.82, 2.24) is 9.80 Å². The summed E-state index contributed by atoms with van der Waals surface area (Å²) in [7, 11) is 0. The highest BCUT2D eigenvalue weighted by atomic mass is 35.5. The zero-order valence-electron chi connectivity index (χ0n) is 21.5. The second-order valence-corrected chi connectivity index (χ2v) is 10.5. The van der Waals surface area contributed by atoms with Gasteiger partial charge in [0.1, 0.15) is 11.8 Å². The molecule has 1 atom stereocenters. The van der Waals surface area contributed by atoms with E-state index in [0.717, 1.165) is 37.7 Å². The fourth-order valence-electron chi connectivity index (χ4n) is 4.85. The average Bonchev–Trinajstić information content (AvgIpc) is 3.11. The van der Waals surface area contributed by atoms with Crippen LogP contribution >= 0.6 is 23.8 Å². The lowest BCUT2D eigenvalue weighted by atomic mass is 9.99. The van der Waals surface area contributed by atoms with E-state index in [4.69, 9.17) is 28.6 Å². The summed E-state index contributed by atoms with van der Waals surface area (Å²) in [6, 6.07) is 13.6. The second kappa shape index (κ2) is 12.7. The molecule has 37 heavy (non-hydrogen) atoms. The minimum atomic E-state index is -0.660. The molecule has 7 nitrogen and oxygen atoms in total. The van der Waals surface area contributed by atoms with E-state index in [9.17, 15) is 9.59 Å². The summed E-state index contributed by atoms with van der Waals surface area (Å²) in [6.45, 7) is 8.58. The SMILES string of the molecule is CCOc1ccc(NC(=O)CC2C(=O)N(c3ccc(Cl)cc3)C(=S)N2CCCN2CCC(C)CC2)cc1. The van der Waals surface area contributed by atoms with Gasteiger partial charge in [0.15, 0.2) is 5.11 Å². The number of carbonyl (C=O) groups excluding carboxylic acids is 2. The van der Waals surface area contributed by atoms with Crippen molar-refractivity contribution < 1.29 is 14.3 Å². The molecular weight excluding hydrogens is 508 g/mol. The molecule has 4 rings (SSSR count). The van der Waals surface area contributed by atoms with Crippen LogP contribution in [-0.2, 0) is 9.59 Å². The number of rotatable bonds is 10. The van der Waals surface area contributed by atoms with E-state index in [1.807, 2.05) is 24.0 Å². The van der Waals surface area contributed by atoms with Crippen molar-refractivity contribution in [2.24, 2.45) is 5.92 Å². The summed E-state index contributed by atoms with van der Waals surface area (Å²) in [5.41, 5.74) is 1.31. The van der Waals surface area contributed by atoms with Gasteiger partial charge >= 0.3 is 0 Å². The number of benzene rings is 2. The van der Waals surface area contributed by atoms with Crippen molar-refractivity contribution >= 4 is 52.1 Å². The van der Waals surface area contributed by atoms with Crippen LogP contribution in [0.25, 0.3) is 0 Å². The number of nitrogens with zero attached hydrogens (tertiary/aromatic N) is 3. The topological polar surface area (TPSA) is 65.1 Å². The highest BCUT2D eigenvalue weighted by Crippen LogP contribution is 2.29. The number of nitrogens with one attached hydrogen (secondary N) is 1. The van der Waals surface area contributed by atoms with E-state index >= 15 is 0 Å². The number of amides is 2. The molecule has 2 aliphatic rings. The Morgan fingerprint density at radius 2 is 1.76 bits per heavy atom. The molecule has 0 spiro atoms. The Morgan fingerprint density at radius 3 is 2.41 bits per heavy atom. The van der Waals surface area contributed by atoms with Crippen LogP contribution < -0.4 is 15.0 Å². The van der Waals surface area contributed by atoms with Gasteiger partial charge < -0.3 is 19.9 Å². The predicted octanol–water partition coefficient (Wildman–Crippen LogP) is 5.19. The van der Waals surface area contributed by atoms with Crippen LogP contribution in [0.2, 0.25) is 5.02 Å². The molecule has 2 aromatic carbocycles. The Labute approximate surface area is 229 Å². The third-order valence-electron chi connectivity index (χ3n) is 6.98. The molecule has 0 saturated carbocycles. The number of piperidine rings is 1. The molecule has 0 aliphatic carbocycles. The maximum atomic E-state index is 13.6. The van der Waals surface area contributed by atoms with Gasteiger partial charge in [-0.25, -0.2) is 0 Å². The van der Waals surface area contributed by atoms with Crippen LogP contribution in [0.3, 0.4) is 0 Å². The Balaban J connectivity index is 1.44. The van der Waals surface area contributed by atoms with Crippen LogP contribution in [0.5, 0.6) is 5.75 Å². The monoisotopic (exact) mass is 542 g/mol. The van der Waals surface area contributed by atoms with Gasteiger partial charge in [0.05, 0.1) is 18.7 Å². The summed E-state index contributed by atoms with van der Waals surface area (Å²) >= 11 is 11.8. The first-order valence-electron chi connectivity index (χ1n) is 13.0. The van der Waals surface area contributed by atoms with Crippen molar-refractivity contribution in [3.8, 4) is 5.75 Å². The van der Waals surface area contributed by atoms with Crippen molar-refractivity contribution in [3.05, 3.63) is 53.6 Å². The second-order valence-electron chi connectivity index (χ2n) is 9.73. The Hall–Kier alpha value is -2.68. The minimum Gasteiger partial charge on any atom is -0.494 e. The number of hydrogen-bond donors (Lipinski definition) is 1. The van der Waals surface area contributed by atoms with Crippen LogP contribution in [-0.4, -0.2) is 65.6 Å². The van der Waals surface area contributed by atoms with Gasteiger partial charge in [0.2, 0.25) is 5.91 Å². The third kappa shape index (κ3) is 7.00. The van der Waals surface area contributed by atoms with Crippen molar-refractivity contribution in [3.63, 3.8) is 0 Å². The maximum absolute atomic E-state index is 13.6. The predicted molar refractivity (Wildman–Crippen MR) is 152 cm³/mol. The van der Waals surface area contributed by atoms with E-state index in [0.29, 0.717) is 34.7 Å². The Morgan fingerprint density at radius 1 is 1.08 bits per heavy atom. The van der Waals surface area contributed by atoms with Crippen molar-refractivity contribution in [2.75, 3.05) is 43.0 Å². The summed E-state index contributed by atoms with van der Waals surface area (Å²) < 4.78 is 5.47. The lowest BCUT2D eigenvalue weighted by Gasteiger charge is -2.31. The number of hydrogen-bond acceptors (Lipinski definition) is 5. The molecule has 2 fully saturated rings. The largest absolute Gasteiger partial charge is 0.494 e. The number of carbonyl (C=O) groups is 2. The minimum absolute atomic E-state index is 0.0114. The molecule has 0 radical (unpaired) electrons. The number of halogens is 1. The molecule has 2 saturated heterocycles. The van der Waals surface area contributed by atoms with Crippen molar-refractivity contribution in [2.45, 2.75) is 45.6 Å². The van der Waals surface area contributed by atoms with Crippen LogP contribution in [0, 0.1) is 5.92 Å². The van der Waals surface area contributed by atoms with Crippen LogP contribution in [0.1, 0.15) is 39.5 Å². The normalized spacial score (nSPS) is 18.9. The Kier molecular flexibility index (Phi) is 9.40. The summed E-state index contributed by atoms with van der Waals surface area (Å²) in [5.74, 6) is 1.09.